The van der Waals surface area contributed by atoms with Crippen LogP contribution >= 0.6 is 0 Å². The molecular formula is C18H21NO. The van der Waals surface area contributed by atoms with Gasteiger partial charge in [0.2, 0.25) is 0 Å². The molecule has 2 aromatic rings. The second kappa shape index (κ2) is 7.49. The van der Waals surface area contributed by atoms with Gasteiger partial charge in [-0.15, -0.1) is 0 Å². The molecule has 2 aromatic carbocycles. The van der Waals surface area contributed by atoms with E-state index in [1.54, 1.807) is 0 Å². The third-order valence-corrected chi connectivity index (χ3v) is 3.15. The minimum atomic E-state index is 0.257. The molecule has 2 nitrogen and oxygen atoms in total. The summed E-state index contributed by atoms with van der Waals surface area (Å²) in [5, 5.41) is 0. The van der Waals surface area contributed by atoms with Crippen LogP contribution in [0.15, 0.2) is 59.6 Å². The van der Waals surface area contributed by atoms with Crippen molar-refractivity contribution in [3.05, 3.63) is 65.7 Å². The predicted octanol–water partition coefficient (Wildman–Crippen LogP) is 4.48. The summed E-state index contributed by atoms with van der Waals surface area (Å²) in [4.78, 5) is 4.45. The summed E-state index contributed by atoms with van der Waals surface area (Å²) in [6.45, 7) is 4.91. The highest BCUT2D eigenvalue weighted by atomic mass is 16.5. The van der Waals surface area contributed by atoms with Gasteiger partial charge < -0.3 is 4.74 Å². The van der Waals surface area contributed by atoms with Crippen LogP contribution < -0.4 is 4.74 Å². The standard InChI is InChI=1S/C18H21NO/c1-3-15(2)20-18-11-9-17(10-12-18)14-19-13-16-7-5-4-6-8-16/h4-12,14-15H,3,13H2,1-2H3. The van der Waals surface area contributed by atoms with Crippen molar-refractivity contribution < 1.29 is 4.74 Å². The van der Waals surface area contributed by atoms with Crippen molar-refractivity contribution >= 4 is 6.21 Å². The van der Waals surface area contributed by atoms with Crippen LogP contribution in [0.25, 0.3) is 0 Å². The van der Waals surface area contributed by atoms with Crippen molar-refractivity contribution in [2.75, 3.05) is 0 Å². The molecule has 0 spiro atoms. The van der Waals surface area contributed by atoms with Gasteiger partial charge in [0.1, 0.15) is 5.75 Å². The maximum atomic E-state index is 5.75. The largest absolute Gasteiger partial charge is 0.491 e. The van der Waals surface area contributed by atoms with Crippen LogP contribution in [0.2, 0.25) is 0 Å². The van der Waals surface area contributed by atoms with Gasteiger partial charge in [0.15, 0.2) is 0 Å². The second-order valence-corrected chi connectivity index (χ2v) is 4.86. The molecule has 2 heteroatoms. The Morgan fingerprint density at radius 2 is 1.75 bits per heavy atom. The van der Waals surface area contributed by atoms with Gasteiger partial charge in [0.05, 0.1) is 12.6 Å². The maximum Gasteiger partial charge on any atom is 0.119 e. The van der Waals surface area contributed by atoms with Crippen molar-refractivity contribution in [1.82, 2.24) is 0 Å². The SMILES string of the molecule is CCC(C)Oc1ccc(C=NCc2ccccc2)cc1. The van der Waals surface area contributed by atoms with Crippen molar-refractivity contribution in [3.8, 4) is 5.75 Å². The van der Waals surface area contributed by atoms with Gasteiger partial charge in [-0.3, -0.25) is 4.99 Å². The fourth-order valence-electron chi connectivity index (χ4n) is 1.79. The highest BCUT2D eigenvalue weighted by Crippen LogP contribution is 2.14. The molecule has 0 radical (unpaired) electrons. The van der Waals surface area contributed by atoms with Gasteiger partial charge >= 0.3 is 0 Å². The van der Waals surface area contributed by atoms with Gasteiger partial charge in [-0.05, 0) is 48.7 Å². The molecule has 2 rings (SSSR count). The second-order valence-electron chi connectivity index (χ2n) is 4.86. The smallest absolute Gasteiger partial charge is 0.119 e. The van der Waals surface area contributed by atoms with Gasteiger partial charge in [-0.1, -0.05) is 37.3 Å². The molecule has 0 aliphatic heterocycles. The summed E-state index contributed by atoms with van der Waals surface area (Å²) in [5.74, 6) is 0.916. The van der Waals surface area contributed by atoms with E-state index in [1.807, 2.05) is 48.7 Å². The van der Waals surface area contributed by atoms with Crippen LogP contribution in [0.3, 0.4) is 0 Å². The zero-order valence-corrected chi connectivity index (χ0v) is 12.1. The lowest BCUT2D eigenvalue weighted by Gasteiger charge is -2.12. The topological polar surface area (TPSA) is 21.6 Å². The van der Waals surface area contributed by atoms with Crippen LogP contribution in [0.4, 0.5) is 0 Å². The molecule has 104 valence electrons. The number of hydrogen-bond donors (Lipinski definition) is 0. The lowest BCUT2D eigenvalue weighted by Crippen LogP contribution is -2.09. The van der Waals surface area contributed by atoms with Crippen LogP contribution in [-0.4, -0.2) is 12.3 Å². The third-order valence-electron chi connectivity index (χ3n) is 3.15. The number of nitrogens with zero attached hydrogens (tertiary/aromatic N) is 1. The Labute approximate surface area is 121 Å². The minimum absolute atomic E-state index is 0.257. The normalized spacial score (nSPS) is 12.5. The highest BCUT2D eigenvalue weighted by Gasteiger charge is 2.00. The third kappa shape index (κ3) is 4.54. The first-order valence-electron chi connectivity index (χ1n) is 7.08. The van der Waals surface area contributed by atoms with E-state index in [0.29, 0.717) is 6.54 Å². The predicted molar refractivity (Wildman–Crippen MR) is 84.6 cm³/mol. The van der Waals surface area contributed by atoms with E-state index in [2.05, 4.69) is 31.0 Å². The Kier molecular flexibility index (Phi) is 5.36. The molecule has 0 amide bonds. The molecule has 0 fully saturated rings. The number of aliphatic imine (C=N–C) groups is 1. The summed E-state index contributed by atoms with van der Waals surface area (Å²) in [7, 11) is 0. The van der Waals surface area contributed by atoms with Gasteiger partial charge in [0, 0.05) is 6.21 Å². The van der Waals surface area contributed by atoms with Crippen molar-refractivity contribution in [3.63, 3.8) is 0 Å². The molecule has 0 aliphatic carbocycles. The molecule has 1 atom stereocenters. The molecule has 0 saturated heterocycles. The molecule has 1 unspecified atom stereocenters. The fraction of sp³-hybridized carbons (Fsp3) is 0.278. The van der Waals surface area contributed by atoms with E-state index >= 15 is 0 Å². The first-order valence-corrected chi connectivity index (χ1v) is 7.08. The molecule has 0 bridgehead atoms. The van der Waals surface area contributed by atoms with Crippen LogP contribution in [0.1, 0.15) is 31.4 Å². The highest BCUT2D eigenvalue weighted by molar-refractivity contribution is 5.79. The Hall–Kier alpha value is -2.09. The zero-order chi connectivity index (χ0) is 14.2. The van der Waals surface area contributed by atoms with E-state index in [1.165, 1.54) is 5.56 Å². The Morgan fingerprint density at radius 1 is 1.05 bits per heavy atom. The number of hydrogen-bond acceptors (Lipinski definition) is 2. The van der Waals surface area contributed by atoms with E-state index in [-0.39, 0.29) is 6.10 Å². The first-order chi connectivity index (χ1) is 9.78. The van der Waals surface area contributed by atoms with E-state index in [9.17, 15) is 0 Å². The molecule has 20 heavy (non-hydrogen) atoms. The zero-order valence-electron chi connectivity index (χ0n) is 12.1. The summed E-state index contributed by atoms with van der Waals surface area (Å²) < 4.78 is 5.75. The summed E-state index contributed by atoms with van der Waals surface area (Å²) in [6.07, 6.45) is 3.17. The lowest BCUT2D eigenvalue weighted by atomic mass is 10.2. The molecule has 0 heterocycles. The van der Waals surface area contributed by atoms with Crippen molar-refractivity contribution in [2.24, 2.45) is 4.99 Å². The Morgan fingerprint density at radius 3 is 2.40 bits per heavy atom. The summed E-state index contributed by atoms with van der Waals surface area (Å²) in [5.41, 5.74) is 2.32. The van der Waals surface area contributed by atoms with E-state index in [4.69, 9.17) is 4.74 Å². The molecule has 0 saturated carbocycles. The van der Waals surface area contributed by atoms with Crippen molar-refractivity contribution in [1.29, 1.82) is 0 Å². The van der Waals surface area contributed by atoms with E-state index < -0.39 is 0 Å². The van der Waals surface area contributed by atoms with Gasteiger partial charge in [-0.2, -0.15) is 0 Å². The van der Waals surface area contributed by atoms with E-state index in [0.717, 1.165) is 17.7 Å². The fourth-order valence-corrected chi connectivity index (χ4v) is 1.79. The monoisotopic (exact) mass is 267 g/mol. The Bertz CT molecular complexity index is 531. The first kappa shape index (κ1) is 14.3. The summed E-state index contributed by atoms with van der Waals surface area (Å²) >= 11 is 0. The number of ether oxygens (including phenoxy) is 1. The van der Waals surface area contributed by atoms with Crippen LogP contribution in [0, 0.1) is 0 Å². The van der Waals surface area contributed by atoms with Crippen LogP contribution in [-0.2, 0) is 6.54 Å². The van der Waals surface area contributed by atoms with Crippen molar-refractivity contribution in [2.45, 2.75) is 32.9 Å². The van der Waals surface area contributed by atoms with Gasteiger partial charge in [0.25, 0.3) is 0 Å². The number of benzene rings is 2. The average Bonchev–Trinajstić information content (AvgIpc) is 2.50. The minimum Gasteiger partial charge on any atom is -0.491 e. The average molecular weight is 267 g/mol. The Balaban J connectivity index is 1.90. The lowest BCUT2D eigenvalue weighted by molar-refractivity contribution is 0.217. The van der Waals surface area contributed by atoms with Gasteiger partial charge in [-0.25, -0.2) is 0 Å². The molecule has 0 aromatic heterocycles. The molecular weight excluding hydrogens is 246 g/mol. The summed E-state index contributed by atoms with van der Waals surface area (Å²) in [6, 6.07) is 18.3. The van der Waals surface area contributed by atoms with Crippen LogP contribution in [0.5, 0.6) is 5.75 Å². The molecule has 0 N–H and O–H groups in total. The maximum absolute atomic E-state index is 5.75. The number of rotatable bonds is 6. The molecule has 0 aliphatic rings. The quantitative estimate of drug-likeness (QED) is 0.707.